The second-order valence-corrected chi connectivity index (χ2v) is 9.60. The van der Waals surface area contributed by atoms with Crippen molar-refractivity contribution in [1.29, 1.82) is 0 Å². The minimum absolute atomic E-state index is 0.0217. The number of halogens is 7. The van der Waals surface area contributed by atoms with Crippen molar-refractivity contribution in [2.24, 2.45) is 0 Å². The third-order valence-corrected chi connectivity index (χ3v) is 7.05. The SMILES string of the molecule is CCOC(=O)N1c2cc(CBr)c(OC)cc2[C@H](N(Cc2cc(C(F)(F)F)cc(C(F)(F)F)c2)C(=O)OC)C[C@@H]1C. The standard InChI is InChI=1S/C26H27BrF6N2O5/c1-5-40-24(37)35-14(2)6-20(19-11-22(38-3)16(12-27)9-21(19)35)34(23(36)39-4)13-15-7-17(25(28,29)30)10-18(8-15)26(31,32)33/h7-11,14,20H,5-6,12-13H2,1-4H3/t14-,20+/m0/s1. The molecule has 1 aliphatic rings. The van der Waals surface area contributed by atoms with Crippen molar-refractivity contribution in [2.45, 2.75) is 56.6 Å². The van der Waals surface area contributed by atoms with Crippen LogP contribution in [0.15, 0.2) is 30.3 Å². The molecular weight excluding hydrogens is 614 g/mol. The van der Waals surface area contributed by atoms with E-state index in [1.165, 1.54) is 12.0 Å². The highest BCUT2D eigenvalue weighted by atomic mass is 79.9. The number of rotatable bonds is 6. The molecule has 0 saturated heterocycles. The predicted octanol–water partition coefficient (Wildman–Crippen LogP) is 7.69. The Balaban J connectivity index is 2.20. The molecule has 2 atom stereocenters. The minimum Gasteiger partial charge on any atom is -0.496 e. The number of fused-ring (bicyclic) bond motifs is 1. The smallest absolute Gasteiger partial charge is 0.416 e. The molecule has 0 spiro atoms. The first kappa shape index (κ1) is 31.4. The van der Waals surface area contributed by atoms with Crippen LogP contribution < -0.4 is 9.64 Å². The number of nitrogens with zero attached hydrogens (tertiary/aromatic N) is 2. The Bertz CT molecular complexity index is 1220. The molecule has 220 valence electrons. The Morgan fingerprint density at radius 3 is 2.10 bits per heavy atom. The van der Waals surface area contributed by atoms with E-state index >= 15 is 0 Å². The maximum Gasteiger partial charge on any atom is 0.416 e. The summed E-state index contributed by atoms with van der Waals surface area (Å²) in [7, 11) is 2.46. The number of anilines is 1. The number of alkyl halides is 7. The molecule has 2 aromatic rings. The van der Waals surface area contributed by atoms with E-state index in [0.29, 0.717) is 40.0 Å². The van der Waals surface area contributed by atoms with Gasteiger partial charge in [-0.3, -0.25) is 9.80 Å². The van der Waals surface area contributed by atoms with E-state index in [1.54, 1.807) is 26.0 Å². The van der Waals surface area contributed by atoms with E-state index in [9.17, 15) is 35.9 Å². The van der Waals surface area contributed by atoms with Gasteiger partial charge in [0, 0.05) is 29.0 Å². The van der Waals surface area contributed by atoms with E-state index < -0.39 is 59.9 Å². The number of hydrogen-bond acceptors (Lipinski definition) is 5. The van der Waals surface area contributed by atoms with Crippen LogP contribution in [0, 0.1) is 0 Å². The zero-order valence-electron chi connectivity index (χ0n) is 22.0. The van der Waals surface area contributed by atoms with Gasteiger partial charge in [0.2, 0.25) is 0 Å². The summed E-state index contributed by atoms with van der Waals surface area (Å²) < 4.78 is 96.6. The van der Waals surface area contributed by atoms with Crippen LogP contribution in [-0.4, -0.2) is 44.0 Å². The van der Waals surface area contributed by atoms with Gasteiger partial charge < -0.3 is 14.2 Å². The normalized spacial score (nSPS) is 17.2. The van der Waals surface area contributed by atoms with Crippen LogP contribution >= 0.6 is 15.9 Å². The van der Waals surface area contributed by atoms with Crippen LogP contribution in [0.2, 0.25) is 0 Å². The lowest BCUT2D eigenvalue weighted by Gasteiger charge is -2.43. The number of carbonyl (C=O) groups is 2. The van der Waals surface area contributed by atoms with Gasteiger partial charge in [-0.25, -0.2) is 9.59 Å². The predicted molar refractivity (Wildman–Crippen MR) is 136 cm³/mol. The summed E-state index contributed by atoms with van der Waals surface area (Å²) >= 11 is 3.37. The lowest BCUT2D eigenvalue weighted by molar-refractivity contribution is -0.143. The van der Waals surface area contributed by atoms with E-state index in [1.807, 2.05) is 0 Å². The van der Waals surface area contributed by atoms with Gasteiger partial charge in [0.25, 0.3) is 0 Å². The highest BCUT2D eigenvalue weighted by Gasteiger charge is 2.41. The molecule has 0 radical (unpaired) electrons. The summed E-state index contributed by atoms with van der Waals surface area (Å²) in [5.74, 6) is 0.391. The molecule has 1 aliphatic heterocycles. The average molecular weight is 641 g/mol. The summed E-state index contributed by atoms with van der Waals surface area (Å²) in [6.07, 6.45) is -11.7. The molecule has 2 aromatic carbocycles. The number of methoxy groups -OCH3 is 2. The largest absolute Gasteiger partial charge is 0.496 e. The van der Waals surface area contributed by atoms with Crippen LogP contribution in [-0.2, 0) is 33.7 Å². The van der Waals surface area contributed by atoms with E-state index in [4.69, 9.17) is 14.2 Å². The zero-order valence-corrected chi connectivity index (χ0v) is 23.5. The highest BCUT2D eigenvalue weighted by molar-refractivity contribution is 9.08. The number of carbonyl (C=O) groups excluding carboxylic acids is 2. The third kappa shape index (κ3) is 6.58. The summed E-state index contributed by atoms with van der Waals surface area (Å²) in [5, 5.41) is 0.338. The molecule has 40 heavy (non-hydrogen) atoms. The van der Waals surface area contributed by atoms with E-state index in [-0.39, 0.29) is 19.1 Å². The van der Waals surface area contributed by atoms with Gasteiger partial charge in [0.15, 0.2) is 0 Å². The van der Waals surface area contributed by atoms with Crippen molar-refractivity contribution in [3.8, 4) is 5.75 Å². The first-order valence-electron chi connectivity index (χ1n) is 12.0. The molecule has 7 nitrogen and oxygen atoms in total. The fourth-order valence-electron chi connectivity index (χ4n) is 4.68. The Morgan fingerprint density at radius 2 is 1.62 bits per heavy atom. The molecule has 0 bridgehead atoms. The topological polar surface area (TPSA) is 68.3 Å². The molecule has 1 heterocycles. The molecule has 0 aromatic heterocycles. The molecular formula is C26H27BrF6N2O5. The van der Waals surface area contributed by atoms with Crippen molar-refractivity contribution >= 4 is 33.8 Å². The molecule has 2 amide bonds. The quantitative estimate of drug-likeness (QED) is 0.239. The van der Waals surface area contributed by atoms with Crippen LogP contribution in [0.4, 0.5) is 41.6 Å². The highest BCUT2D eigenvalue weighted by Crippen LogP contribution is 2.45. The number of ether oxygens (including phenoxy) is 3. The second-order valence-electron chi connectivity index (χ2n) is 9.04. The number of amides is 2. The molecule has 0 N–H and O–H groups in total. The maximum atomic E-state index is 13.5. The van der Waals surface area contributed by atoms with Gasteiger partial charge >= 0.3 is 24.5 Å². The van der Waals surface area contributed by atoms with Crippen molar-refractivity contribution < 1.29 is 50.1 Å². The molecule has 0 aliphatic carbocycles. The molecule has 0 unspecified atom stereocenters. The second kappa shape index (κ2) is 12.1. The number of benzene rings is 2. The Hall–Kier alpha value is -3.16. The van der Waals surface area contributed by atoms with Gasteiger partial charge in [-0.1, -0.05) is 15.9 Å². The van der Waals surface area contributed by atoms with Crippen LogP contribution in [0.5, 0.6) is 5.75 Å². The Labute approximate surface area is 235 Å². The fourth-order valence-corrected chi connectivity index (χ4v) is 5.12. The maximum absolute atomic E-state index is 13.5. The van der Waals surface area contributed by atoms with Crippen molar-refractivity contribution in [3.63, 3.8) is 0 Å². The van der Waals surface area contributed by atoms with Crippen molar-refractivity contribution in [3.05, 3.63) is 58.1 Å². The van der Waals surface area contributed by atoms with E-state index in [2.05, 4.69) is 15.9 Å². The van der Waals surface area contributed by atoms with E-state index in [0.717, 1.165) is 12.0 Å². The van der Waals surface area contributed by atoms with Gasteiger partial charge in [-0.15, -0.1) is 0 Å². The minimum atomic E-state index is -5.06. The van der Waals surface area contributed by atoms with Crippen LogP contribution in [0.1, 0.15) is 54.1 Å². The summed E-state index contributed by atoms with van der Waals surface area (Å²) in [6, 6.07) is 2.91. The number of hydrogen-bond donors (Lipinski definition) is 0. The van der Waals surface area contributed by atoms with Gasteiger partial charge in [0.1, 0.15) is 5.75 Å². The third-order valence-electron chi connectivity index (χ3n) is 6.45. The summed E-state index contributed by atoms with van der Waals surface area (Å²) in [4.78, 5) is 28.3. The fraction of sp³-hybridized carbons (Fsp3) is 0.462. The Morgan fingerprint density at radius 1 is 1.02 bits per heavy atom. The Kier molecular flexibility index (Phi) is 9.53. The van der Waals surface area contributed by atoms with Crippen LogP contribution in [0.3, 0.4) is 0 Å². The lowest BCUT2D eigenvalue weighted by Crippen LogP contribution is -2.47. The lowest BCUT2D eigenvalue weighted by atomic mass is 9.89. The first-order valence-corrected chi connectivity index (χ1v) is 13.1. The summed E-state index contributed by atoms with van der Waals surface area (Å²) in [6.45, 7) is 2.77. The summed E-state index contributed by atoms with van der Waals surface area (Å²) in [5.41, 5.74) is -2.03. The average Bonchev–Trinajstić information content (AvgIpc) is 2.89. The van der Waals surface area contributed by atoms with Crippen molar-refractivity contribution in [2.75, 3.05) is 25.7 Å². The van der Waals surface area contributed by atoms with Gasteiger partial charge in [0.05, 0.1) is 43.7 Å². The van der Waals surface area contributed by atoms with Crippen molar-refractivity contribution in [1.82, 2.24) is 4.90 Å². The molecule has 0 saturated carbocycles. The molecule has 0 fully saturated rings. The first-order chi connectivity index (χ1) is 18.7. The molecule has 14 heteroatoms. The van der Waals surface area contributed by atoms with Gasteiger partial charge in [-0.2, -0.15) is 26.3 Å². The van der Waals surface area contributed by atoms with Crippen LogP contribution in [0.25, 0.3) is 0 Å². The monoisotopic (exact) mass is 640 g/mol. The molecule has 3 rings (SSSR count). The zero-order chi connectivity index (χ0) is 30.0. The van der Waals surface area contributed by atoms with Gasteiger partial charge in [-0.05, 0) is 56.2 Å².